The van der Waals surface area contributed by atoms with Crippen LogP contribution in [0.4, 0.5) is 0 Å². The molecule has 1 fully saturated rings. The topological polar surface area (TPSA) is 91.7 Å². The smallest absolute Gasteiger partial charge is 0.303 e. The van der Waals surface area contributed by atoms with Crippen LogP contribution in [-0.4, -0.2) is 33.9 Å². The molecule has 0 unspecified atom stereocenters. The number of ketones is 2. The lowest BCUT2D eigenvalue weighted by molar-refractivity contribution is -0.137. The maximum Gasteiger partial charge on any atom is 0.303 e. The molecule has 0 saturated heterocycles. The van der Waals surface area contributed by atoms with Crippen LogP contribution < -0.4 is 0 Å². The summed E-state index contributed by atoms with van der Waals surface area (Å²) in [6, 6.07) is 0. The van der Waals surface area contributed by atoms with E-state index in [-0.39, 0.29) is 36.2 Å². The summed E-state index contributed by atoms with van der Waals surface area (Å²) < 4.78 is 0. The number of hydrogen-bond acceptors (Lipinski definition) is 4. The number of carboxylic acids is 1. The quantitative estimate of drug-likeness (QED) is 0.390. The van der Waals surface area contributed by atoms with Gasteiger partial charge in [0.25, 0.3) is 0 Å². The van der Waals surface area contributed by atoms with E-state index in [1.807, 2.05) is 0 Å². The van der Waals surface area contributed by atoms with Gasteiger partial charge in [0.15, 0.2) is 5.78 Å². The van der Waals surface area contributed by atoms with Crippen molar-refractivity contribution in [2.45, 2.75) is 83.7 Å². The molecule has 3 atom stereocenters. The number of allylic oxidation sites excluding steroid dienone is 1. The van der Waals surface area contributed by atoms with E-state index >= 15 is 0 Å². The van der Waals surface area contributed by atoms with Crippen LogP contribution in [0.3, 0.4) is 0 Å². The Kier molecular flexibility index (Phi) is 10.3. The van der Waals surface area contributed by atoms with Crippen LogP contribution >= 0.6 is 0 Å². The highest BCUT2D eigenvalue weighted by Gasteiger charge is 2.39. The number of carbonyl (C=O) groups excluding carboxylic acids is 2. The number of carboxylic acid groups (broad SMARTS) is 1. The normalized spacial score (nSPS) is 23.4. The van der Waals surface area contributed by atoms with Crippen LogP contribution in [0.15, 0.2) is 12.2 Å². The van der Waals surface area contributed by atoms with Crippen LogP contribution in [0.25, 0.3) is 0 Å². The first-order chi connectivity index (χ1) is 12.0. The van der Waals surface area contributed by atoms with Gasteiger partial charge in [0, 0.05) is 31.1 Å². The number of unbranched alkanes of at least 4 members (excludes halogenated alkanes) is 5. The van der Waals surface area contributed by atoms with Crippen molar-refractivity contribution >= 4 is 17.5 Å². The molecule has 1 rings (SSSR count). The van der Waals surface area contributed by atoms with Gasteiger partial charge >= 0.3 is 5.97 Å². The predicted octanol–water partition coefficient (Wildman–Crippen LogP) is 3.68. The van der Waals surface area contributed by atoms with Gasteiger partial charge in [-0.25, -0.2) is 0 Å². The molecular formula is C20H32O5. The highest BCUT2D eigenvalue weighted by molar-refractivity contribution is 5.90. The molecule has 0 aromatic heterocycles. The third-order valence-electron chi connectivity index (χ3n) is 4.92. The summed E-state index contributed by atoms with van der Waals surface area (Å²) >= 11 is 0. The number of aliphatic hydroxyl groups excluding tert-OH is 1. The average molecular weight is 352 g/mol. The summed E-state index contributed by atoms with van der Waals surface area (Å²) in [6.07, 6.45) is 10.4. The Morgan fingerprint density at radius 1 is 1.08 bits per heavy atom. The molecule has 1 aliphatic carbocycles. The summed E-state index contributed by atoms with van der Waals surface area (Å²) in [4.78, 5) is 34.4. The van der Waals surface area contributed by atoms with Gasteiger partial charge in [-0.1, -0.05) is 45.1 Å². The first kappa shape index (κ1) is 21.6. The second kappa shape index (κ2) is 12.0. The highest BCUT2D eigenvalue weighted by atomic mass is 16.4. The fourth-order valence-electron chi connectivity index (χ4n) is 3.44. The Hall–Kier alpha value is -1.49. The summed E-state index contributed by atoms with van der Waals surface area (Å²) in [6.45, 7) is 2.09. The van der Waals surface area contributed by atoms with E-state index < -0.39 is 12.1 Å². The second-order valence-corrected chi connectivity index (χ2v) is 7.05. The number of aliphatic carboxylic acids is 1. The Morgan fingerprint density at radius 3 is 2.44 bits per heavy atom. The van der Waals surface area contributed by atoms with E-state index in [9.17, 15) is 19.5 Å². The number of hydrogen-bond donors (Lipinski definition) is 2. The second-order valence-electron chi connectivity index (χ2n) is 7.05. The molecule has 0 aromatic carbocycles. The van der Waals surface area contributed by atoms with Crippen molar-refractivity contribution < 1.29 is 24.6 Å². The van der Waals surface area contributed by atoms with Crippen LogP contribution in [0, 0.1) is 11.8 Å². The molecular weight excluding hydrogens is 320 g/mol. The zero-order valence-electron chi connectivity index (χ0n) is 15.3. The molecule has 5 heteroatoms. The lowest BCUT2D eigenvalue weighted by Crippen LogP contribution is -2.19. The van der Waals surface area contributed by atoms with E-state index in [2.05, 4.69) is 6.92 Å². The van der Waals surface area contributed by atoms with Crippen LogP contribution in [0.2, 0.25) is 0 Å². The predicted molar refractivity (Wildman–Crippen MR) is 96.2 cm³/mol. The maximum atomic E-state index is 12.1. The molecule has 0 heterocycles. The van der Waals surface area contributed by atoms with Crippen molar-refractivity contribution in [3.05, 3.63) is 12.2 Å². The summed E-state index contributed by atoms with van der Waals surface area (Å²) in [5.41, 5.74) is 0. The lowest BCUT2D eigenvalue weighted by atomic mass is 9.88. The molecule has 1 aliphatic rings. The minimum Gasteiger partial charge on any atom is -0.481 e. The Bertz CT molecular complexity index is 469. The van der Waals surface area contributed by atoms with E-state index in [1.54, 1.807) is 12.2 Å². The molecule has 0 amide bonds. The van der Waals surface area contributed by atoms with Crippen molar-refractivity contribution in [1.29, 1.82) is 0 Å². The van der Waals surface area contributed by atoms with Gasteiger partial charge in [0.1, 0.15) is 5.78 Å². The minimum absolute atomic E-state index is 0.0624. The number of aliphatic hydroxyl groups is 1. The minimum atomic E-state index is -0.775. The van der Waals surface area contributed by atoms with E-state index in [4.69, 9.17) is 5.11 Å². The first-order valence-corrected chi connectivity index (χ1v) is 9.59. The fraction of sp³-hybridized carbons (Fsp3) is 0.750. The van der Waals surface area contributed by atoms with Gasteiger partial charge in [-0.05, 0) is 25.3 Å². The zero-order chi connectivity index (χ0) is 18.7. The van der Waals surface area contributed by atoms with Crippen LogP contribution in [0.1, 0.15) is 77.6 Å². The van der Waals surface area contributed by atoms with Gasteiger partial charge in [-0.2, -0.15) is 0 Å². The van der Waals surface area contributed by atoms with E-state index in [1.165, 1.54) is 0 Å². The molecule has 2 N–H and O–H groups in total. The van der Waals surface area contributed by atoms with Gasteiger partial charge in [-0.3, -0.25) is 14.4 Å². The zero-order valence-corrected chi connectivity index (χ0v) is 15.3. The van der Waals surface area contributed by atoms with Crippen LogP contribution in [-0.2, 0) is 14.4 Å². The van der Waals surface area contributed by atoms with Crippen molar-refractivity contribution in [3.63, 3.8) is 0 Å². The highest BCUT2D eigenvalue weighted by Crippen LogP contribution is 2.34. The molecule has 0 radical (unpaired) electrons. The molecule has 5 nitrogen and oxygen atoms in total. The summed E-state index contributed by atoms with van der Waals surface area (Å²) in [7, 11) is 0. The van der Waals surface area contributed by atoms with Gasteiger partial charge < -0.3 is 10.2 Å². The van der Waals surface area contributed by atoms with E-state index in [0.717, 1.165) is 38.5 Å². The van der Waals surface area contributed by atoms with E-state index in [0.29, 0.717) is 19.3 Å². The Balaban J connectivity index is 2.40. The molecule has 0 aliphatic heterocycles. The third kappa shape index (κ3) is 8.43. The van der Waals surface area contributed by atoms with Crippen molar-refractivity contribution in [1.82, 2.24) is 0 Å². The summed E-state index contributed by atoms with van der Waals surface area (Å²) in [5, 5.41) is 18.7. The standard InChI is InChI=1S/C20H32O5/c1-2-3-6-9-15(21)12-13-17-16(18(22)14-19(17)23)10-7-4-5-8-11-20(24)25/h12-13,16-17,19,23H,2-11,14H2,1H3,(H,24,25)/t16-,17-,19+/m1/s1. The van der Waals surface area contributed by atoms with Gasteiger partial charge in [-0.15, -0.1) is 0 Å². The fourth-order valence-corrected chi connectivity index (χ4v) is 3.44. The molecule has 25 heavy (non-hydrogen) atoms. The van der Waals surface area contributed by atoms with Crippen molar-refractivity contribution in [2.24, 2.45) is 11.8 Å². The Labute approximate surface area is 150 Å². The number of Topliss-reactive ketones (excluding diaryl/α,β-unsaturated/α-hetero) is 1. The van der Waals surface area contributed by atoms with Gasteiger partial charge in [0.2, 0.25) is 0 Å². The number of rotatable bonds is 13. The first-order valence-electron chi connectivity index (χ1n) is 9.59. The SMILES string of the molecule is CCCCCC(=O)C=C[C@H]1[C@@H](O)CC(=O)[C@@H]1CCCCCCC(=O)O. The Morgan fingerprint density at radius 2 is 1.76 bits per heavy atom. The maximum absolute atomic E-state index is 12.1. The third-order valence-corrected chi connectivity index (χ3v) is 4.92. The van der Waals surface area contributed by atoms with Crippen LogP contribution in [0.5, 0.6) is 0 Å². The molecule has 0 aromatic rings. The van der Waals surface area contributed by atoms with Crippen molar-refractivity contribution in [3.8, 4) is 0 Å². The molecule has 142 valence electrons. The monoisotopic (exact) mass is 352 g/mol. The summed E-state index contributed by atoms with van der Waals surface area (Å²) in [5.74, 6) is -1.11. The molecule has 1 saturated carbocycles. The molecule has 0 bridgehead atoms. The average Bonchev–Trinajstić information content (AvgIpc) is 2.82. The van der Waals surface area contributed by atoms with Crippen molar-refractivity contribution in [2.75, 3.05) is 0 Å². The molecule has 0 spiro atoms. The number of carbonyl (C=O) groups is 3. The van der Waals surface area contributed by atoms with Gasteiger partial charge in [0.05, 0.1) is 6.10 Å². The lowest BCUT2D eigenvalue weighted by Gasteiger charge is -2.17. The largest absolute Gasteiger partial charge is 0.481 e.